The second-order valence-corrected chi connectivity index (χ2v) is 4.56. The Hall–Kier alpha value is -1.59. The van der Waals surface area contributed by atoms with Crippen molar-refractivity contribution in [3.05, 3.63) is 23.8 Å². The molecule has 2 N–H and O–H groups in total. The normalized spacial score (nSPS) is 14.7. The van der Waals surface area contributed by atoms with Gasteiger partial charge in [-0.15, -0.1) is 0 Å². The van der Waals surface area contributed by atoms with Gasteiger partial charge < -0.3 is 15.4 Å². The van der Waals surface area contributed by atoms with Crippen molar-refractivity contribution in [2.24, 2.45) is 5.73 Å². The van der Waals surface area contributed by atoms with Crippen molar-refractivity contribution in [3.63, 3.8) is 0 Å². The summed E-state index contributed by atoms with van der Waals surface area (Å²) in [5.41, 5.74) is 7.57. The first-order valence-corrected chi connectivity index (χ1v) is 6.02. The van der Waals surface area contributed by atoms with E-state index in [2.05, 4.69) is 0 Å². The number of rotatable bonds is 4. The zero-order valence-electron chi connectivity index (χ0n) is 10.8. The van der Waals surface area contributed by atoms with Crippen molar-refractivity contribution in [3.8, 4) is 5.75 Å². The fourth-order valence-electron chi connectivity index (χ4n) is 1.88. The van der Waals surface area contributed by atoms with Crippen LogP contribution in [0.2, 0.25) is 0 Å². The average Bonchev–Trinajstić information content (AvgIpc) is 2.40. The molecule has 0 atom stereocenters. The molecule has 5 heteroatoms. The molecular formula is C13H19N3O2. The number of hydrogen-bond donors (Lipinski definition) is 1. The van der Waals surface area contributed by atoms with Gasteiger partial charge in [0.25, 0.3) is 5.91 Å². The Kier molecular flexibility index (Phi) is 3.84. The van der Waals surface area contributed by atoms with E-state index >= 15 is 0 Å². The number of ether oxygens (including phenoxy) is 1. The van der Waals surface area contributed by atoms with Crippen LogP contribution in [0, 0.1) is 0 Å². The molecule has 1 aromatic rings. The maximum absolute atomic E-state index is 11.6. The second kappa shape index (κ2) is 5.37. The standard InChI is InChI=1S/C13H19N3O2/c1-15(9-14)6-5-10-3-4-12-11(7-10)16(2)13(17)8-18-12/h3-4,7H,5-6,8-9,14H2,1-2H3. The monoisotopic (exact) mass is 249 g/mol. The summed E-state index contributed by atoms with van der Waals surface area (Å²) in [6.45, 7) is 1.57. The van der Waals surface area contributed by atoms with E-state index in [0.717, 1.165) is 24.4 Å². The van der Waals surface area contributed by atoms with E-state index in [1.807, 2.05) is 30.1 Å². The third-order valence-electron chi connectivity index (χ3n) is 3.20. The smallest absolute Gasteiger partial charge is 0.264 e. The first-order chi connectivity index (χ1) is 8.61. The Labute approximate surface area is 107 Å². The number of fused-ring (bicyclic) bond motifs is 1. The molecule has 0 aliphatic carbocycles. The van der Waals surface area contributed by atoms with Crippen LogP contribution in [-0.4, -0.2) is 44.7 Å². The van der Waals surface area contributed by atoms with Gasteiger partial charge >= 0.3 is 0 Å². The van der Waals surface area contributed by atoms with E-state index in [-0.39, 0.29) is 12.5 Å². The van der Waals surface area contributed by atoms with Gasteiger partial charge in [-0.2, -0.15) is 0 Å². The van der Waals surface area contributed by atoms with Gasteiger partial charge in [0.2, 0.25) is 0 Å². The summed E-state index contributed by atoms with van der Waals surface area (Å²) in [7, 11) is 3.76. The molecule has 1 heterocycles. The Morgan fingerprint density at radius 1 is 1.50 bits per heavy atom. The number of amides is 1. The van der Waals surface area contributed by atoms with Crippen molar-refractivity contribution in [1.29, 1.82) is 0 Å². The van der Waals surface area contributed by atoms with Gasteiger partial charge in [-0.1, -0.05) is 6.07 Å². The predicted octanol–water partition coefficient (Wildman–Crippen LogP) is 0.432. The molecule has 1 aliphatic rings. The SMILES string of the molecule is CN(CN)CCc1ccc2c(c1)N(C)C(=O)CO2. The van der Waals surface area contributed by atoms with Gasteiger partial charge in [0.1, 0.15) is 5.75 Å². The number of likely N-dealkylation sites (N-methyl/N-ethyl adjacent to an activating group) is 2. The lowest BCUT2D eigenvalue weighted by molar-refractivity contribution is -0.120. The summed E-state index contributed by atoms with van der Waals surface area (Å²) in [5, 5.41) is 0. The highest BCUT2D eigenvalue weighted by molar-refractivity contribution is 5.97. The predicted molar refractivity (Wildman–Crippen MR) is 70.7 cm³/mol. The molecule has 18 heavy (non-hydrogen) atoms. The summed E-state index contributed by atoms with van der Waals surface area (Å²) >= 11 is 0. The molecule has 0 radical (unpaired) electrons. The van der Waals surface area contributed by atoms with Crippen molar-refractivity contribution < 1.29 is 9.53 Å². The van der Waals surface area contributed by atoms with Crippen LogP contribution >= 0.6 is 0 Å². The summed E-state index contributed by atoms with van der Waals surface area (Å²) < 4.78 is 5.39. The third-order valence-corrected chi connectivity index (χ3v) is 3.20. The van der Waals surface area contributed by atoms with Crippen LogP contribution in [0.1, 0.15) is 5.56 Å². The third kappa shape index (κ3) is 2.63. The topological polar surface area (TPSA) is 58.8 Å². The molecular weight excluding hydrogens is 230 g/mol. The molecule has 1 aromatic carbocycles. The van der Waals surface area contributed by atoms with E-state index in [0.29, 0.717) is 6.67 Å². The minimum Gasteiger partial charge on any atom is -0.482 e. The van der Waals surface area contributed by atoms with Crippen LogP contribution in [0.3, 0.4) is 0 Å². The fourth-order valence-corrected chi connectivity index (χ4v) is 1.88. The van der Waals surface area contributed by atoms with E-state index in [1.165, 1.54) is 5.56 Å². The van der Waals surface area contributed by atoms with Crippen LogP contribution in [0.4, 0.5) is 5.69 Å². The van der Waals surface area contributed by atoms with Gasteiger partial charge in [-0.05, 0) is 31.2 Å². The number of carbonyl (C=O) groups is 1. The minimum absolute atomic E-state index is 0.0151. The maximum Gasteiger partial charge on any atom is 0.264 e. The zero-order valence-corrected chi connectivity index (χ0v) is 10.8. The first kappa shape index (κ1) is 12.9. The largest absolute Gasteiger partial charge is 0.482 e. The van der Waals surface area contributed by atoms with Gasteiger partial charge in [-0.3, -0.25) is 9.69 Å². The van der Waals surface area contributed by atoms with Crippen molar-refractivity contribution in [1.82, 2.24) is 4.90 Å². The number of hydrogen-bond acceptors (Lipinski definition) is 4. The summed E-state index contributed by atoms with van der Waals surface area (Å²) in [5.74, 6) is 0.756. The van der Waals surface area contributed by atoms with Crippen LogP contribution < -0.4 is 15.4 Å². The van der Waals surface area contributed by atoms with E-state index in [9.17, 15) is 4.79 Å². The highest BCUT2D eigenvalue weighted by atomic mass is 16.5. The molecule has 0 aromatic heterocycles. The molecule has 0 fully saturated rings. The van der Waals surface area contributed by atoms with E-state index in [1.54, 1.807) is 11.9 Å². The molecule has 0 unspecified atom stereocenters. The number of benzene rings is 1. The maximum atomic E-state index is 11.6. The lowest BCUT2D eigenvalue weighted by atomic mass is 10.1. The van der Waals surface area contributed by atoms with Crippen LogP contribution in [0.25, 0.3) is 0 Å². The molecule has 1 aliphatic heterocycles. The second-order valence-electron chi connectivity index (χ2n) is 4.56. The fraction of sp³-hybridized carbons (Fsp3) is 0.462. The number of anilines is 1. The Balaban J connectivity index is 2.13. The molecule has 0 saturated carbocycles. The Bertz CT molecular complexity index is 448. The zero-order chi connectivity index (χ0) is 13.1. The van der Waals surface area contributed by atoms with Crippen LogP contribution in [0.15, 0.2) is 18.2 Å². The molecule has 0 saturated heterocycles. The minimum atomic E-state index is -0.0151. The molecule has 1 amide bonds. The van der Waals surface area contributed by atoms with Gasteiger partial charge in [-0.25, -0.2) is 0 Å². The molecule has 0 spiro atoms. The molecule has 5 nitrogen and oxygen atoms in total. The number of nitrogens with two attached hydrogens (primary N) is 1. The lowest BCUT2D eigenvalue weighted by Gasteiger charge is -2.26. The number of carbonyl (C=O) groups excluding carboxylic acids is 1. The van der Waals surface area contributed by atoms with Gasteiger partial charge in [0.05, 0.1) is 5.69 Å². The highest BCUT2D eigenvalue weighted by Crippen LogP contribution is 2.31. The quantitative estimate of drug-likeness (QED) is 0.786. The van der Waals surface area contributed by atoms with E-state index < -0.39 is 0 Å². The first-order valence-electron chi connectivity index (χ1n) is 6.02. The molecule has 0 bridgehead atoms. The van der Waals surface area contributed by atoms with Gasteiger partial charge in [0, 0.05) is 20.3 Å². The van der Waals surface area contributed by atoms with Crippen molar-refractivity contribution in [2.75, 3.05) is 38.8 Å². The van der Waals surface area contributed by atoms with Gasteiger partial charge in [0.15, 0.2) is 6.61 Å². The molecule has 2 rings (SSSR count). The highest BCUT2D eigenvalue weighted by Gasteiger charge is 2.22. The van der Waals surface area contributed by atoms with Crippen LogP contribution in [-0.2, 0) is 11.2 Å². The number of nitrogens with zero attached hydrogens (tertiary/aromatic N) is 2. The summed E-state index contributed by atoms with van der Waals surface area (Å²) in [6.07, 6.45) is 0.906. The summed E-state index contributed by atoms with van der Waals surface area (Å²) in [4.78, 5) is 15.3. The summed E-state index contributed by atoms with van der Waals surface area (Å²) in [6, 6.07) is 5.97. The Morgan fingerprint density at radius 3 is 3.00 bits per heavy atom. The Morgan fingerprint density at radius 2 is 2.28 bits per heavy atom. The molecule has 98 valence electrons. The van der Waals surface area contributed by atoms with Crippen molar-refractivity contribution in [2.45, 2.75) is 6.42 Å². The van der Waals surface area contributed by atoms with Crippen LogP contribution in [0.5, 0.6) is 5.75 Å². The lowest BCUT2D eigenvalue weighted by Crippen LogP contribution is -2.35. The average molecular weight is 249 g/mol. The van der Waals surface area contributed by atoms with E-state index in [4.69, 9.17) is 10.5 Å². The van der Waals surface area contributed by atoms with Crippen molar-refractivity contribution >= 4 is 11.6 Å².